The molecule has 0 fully saturated rings. The lowest BCUT2D eigenvalue weighted by Gasteiger charge is -2.29. The van der Waals surface area contributed by atoms with E-state index in [0.29, 0.717) is 11.3 Å². The molecule has 2 heterocycles. The minimum absolute atomic E-state index is 0.394. The summed E-state index contributed by atoms with van der Waals surface area (Å²) in [6.07, 6.45) is 5.85. The first-order valence-corrected chi connectivity index (χ1v) is 10.0. The van der Waals surface area contributed by atoms with Gasteiger partial charge in [0.25, 0.3) is 0 Å². The first-order chi connectivity index (χ1) is 14.1. The number of hydrogen-bond acceptors (Lipinski definition) is 2. The first kappa shape index (κ1) is 17.7. The first-order valence-electron chi connectivity index (χ1n) is 10.0. The van der Waals surface area contributed by atoms with Crippen molar-refractivity contribution in [1.82, 2.24) is 4.57 Å². The van der Waals surface area contributed by atoms with E-state index in [4.69, 9.17) is 4.74 Å². The fraction of sp³-hybridized carbons (Fsp3) is 0.192. The van der Waals surface area contributed by atoms with Crippen LogP contribution in [-0.2, 0) is 13.0 Å². The monoisotopic (exact) mass is 381 g/mol. The fourth-order valence-electron chi connectivity index (χ4n) is 4.29. The third-order valence-electron chi connectivity index (χ3n) is 5.67. The second-order valence-corrected chi connectivity index (χ2v) is 8.20. The van der Waals surface area contributed by atoms with E-state index in [0.717, 1.165) is 30.4 Å². The van der Waals surface area contributed by atoms with Crippen LogP contribution in [0.25, 0.3) is 27.9 Å². The van der Waals surface area contributed by atoms with Crippen LogP contribution in [0.4, 0.5) is 0 Å². The van der Waals surface area contributed by atoms with Crippen molar-refractivity contribution in [2.75, 3.05) is 0 Å². The number of aldehydes is 1. The minimum atomic E-state index is -0.394. The van der Waals surface area contributed by atoms with Crippen LogP contribution in [0.1, 0.15) is 35.3 Å². The molecule has 0 bridgehead atoms. The summed E-state index contributed by atoms with van der Waals surface area (Å²) in [7, 11) is 0. The molecule has 1 aliphatic heterocycles. The molecule has 0 amide bonds. The smallest absolute Gasteiger partial charge is 0.153 e. The number of carbonyl (C=O) groups is 1. The maximum absolute atomic E-state index is 11.7. The second-order valence-electron chi connectivity index (χ2n) is 8.20. The largest absolute Gasteiger partial charge is 0.482 e. The number of carbonyl (C=O) groups excluding carboxylic acids is 1. The van der Waals surface area contributed by atoms with Gasteiger partial charge in [0.2, 0.25) is 0 Å². The molecule has 0 saturated heterocycles. The second kappa shape index (κ2) is 6.63. The van der Waals surface area contributed by atoms with Gasteiger partial charge >= 0.3 is 0 Å². The minimum Gasteiger partial charge on any atom is -0.482 e. The van der Waals surface area contributed by atoms with Gasteiger partial charge in [-0.3, -0.25) is 4.79 Å². The lowest BCUT2D eigenvalue weighted by molar-refractivity contribution is 0.110. The van der Waals surface area contributed by atoms with Crippen LogP contribution in [0.3, 0.4) is 0 Å². The van der Waals surface area contributed by atoms with Crippen molar-refractivity contribution in [1.29, 1.82) is 0 Å². The van der Waals surface area contributed by atoms with Gasteiger partial charge in [-0.1, -0.05) is 42.5 Å². The molecule has 0 aliphatic carbocycles. The van der Waals surface area contributed by atoms with Gasteiger partial charge in [-0.2, -0.15) is 0 Å². The summed E-state index contributed by atoms with van der Waals surface area (Å²) in [5.74, 6) is 0.688. The third kappa shape index (κ3) is 3.03. The summed E-state index contributed by atoms with van der Waals surface area (Å²) >= 11 is 0. The van der Waals surface area contributed by atoms with Gasteiger partial charge in [0.15, 0.2) is 6.29 Å². The molecule has 5 rings (SSSR count). The van der Waals surface area contributed by atoms with E-state index in [1.54, 1.807) is 0 Å². The SMILES string of the molecule is CC1(C)C=Cc2cc(CCn3c4ccccc4c4ccccc43)cc(C=O)c2O1. The molecule has 0 spiro atoms. The average Bonchev–Trinajstić information content (AvgIpc) is 3.05. The molecule has 3 aromatic carbocycles. The quantitative estimate of drug-likeness (QED) is 0.404. The van der Waals surface area contributed by atoms with Crippen molar-refractivity contribution in [3.63, 3.8) is 0 Å². The topological polar surface area (TPSA) is 31.2 Å². The van der Waals surface area contributed by atoms with Crippen LogP contribution >= 0.6 is 0 Å². The zero-order valence-electron chi connectivity index (χ0n) is 16.7. The van der Waals surface area contributed by atoms with Gasteiger partial charge in [0.1, 0.15) is 11.4 Å². The number of aromatic nitrogens is 1. The molecule has 0 radical (unpaired) electrons. The van der Waals surface area contributed by atoms with Crippen molar-refractivity contribution in [2.24, 2.45) is 0 Å². The molecular formula is C26H23NO2. The van der Waals surface area contributed by atoms with Gasteiger partial charge in [-0.05, 0) is 56.2 Å². The molecule has 144 valence electrons. The van der Waals surface area contributed by atoms with Gasteiger partial charge < -0.3 is 9.30 Å². The normalized spacial score (nSPS) is 14.7. The molecule has 3 nitrogen and oxygen atoms in total. The maximum atomic E-state index is 11.7. The number of rotatable bonds is 4. The Balaban J connectivity index is 1.53. The van der Waals surface area contributed by atoms with Crippen LogP contribution in [0, 0.1) is 0 Å². The lowest BCUT2D eigenvalue weighted by atomic mass is 9.97. The number of nitrogens with zero attached hydrogens (tertiary/aromatic N) is 1. The summed E-state index contributed by atoms with van der Waals surface area (Å²) in [5, 5.41) is 2.56. The van der Waals surface area contributed by atoms with E-state index in [1.165, 1.54) is 21.8 Å². The van der Waals surface area contributed by atoms with Crippen LogP contribution < -0.4 is 4.74 Å². The molecule has 1 aromatic heterocycles. The number of aryl methyl sites for hydroxylation is 2. The Morgan fingerprint density at radius 3 is 2.28 bits per heavy atom. The molecule has 0 atom stereocenters. The molecule has 1 aliphatic rings. The highest BCUT2D eigenvalue weighted by Crippen LogP contribution is 2.35. The van der Waals surface area contributed by atoms with Crippen molar-refractivity contribution < 1.29 is 9.53 Å². The van der Waals surface area contributed by atoms with Crippen molar-refractivity contribution in [3.8, 4) is 5.75 Å². The van der Waals surface area contributed by atoms with E-state index >= 15 is 0 Å². The fourth-order valence-corrected chi connectivity index (χ4v) is 4.29. The third-order valence-corrected chi connectivity index (χ3v) is 5.67. The summed E-state index contributed by atoms with van der Waals surface area (Å²) in [4.78, 5) is 11.7. The molecular weight excluding hydrogens is 358 g/mol. The van der Waals surface area contributed by atoms with Gasteiger partial charge in [-0.15, -0.1) is 0 Å². The Labute approximate surface area is 170 Å². The van der Waals surface area contributed by atoms with Gasteiger partial charge in [0, 0.05) is 33.9 Å². The zero-order valence-corrected chi connectivity index (χ0v) is 16.7. The molecule has 0 unspecified atom stereocenters. The van der Waals surface area contributed by atoms with Gasteiger partial charge in [0.05, 0.1) is 5.56 Å². The average molecular weight is 381 g/mol. The summed E-state index contributed by atoms with van der Waals surface area (Å²) in [5.41, 5.74) is 4.83. The number of hydrogen-bond donors (Lipinski definition) is 0. The van der Waals surface area contributed by atoms with Crippen LogP contribution in [0.5, 0.6) is 5.75 Å². The Kier molecular flexibility index (Phi) is 4.06. The maximum Gasteiger partial charge on any atom is 0.153 e. The highest BCUT2D eigenvalue weighted by Gasteiger charge is 2.24. The number of para-hydroxylation sites is 2. The van der Waals surface area contributed by atoms with E-state index in [2.05, 4.69) is 65.2 Å². The highest BCUT2D eigenvalue weighted by molar-refractivity contribution is 6.07. The molecule has 0 saturated carbocycles. The molecule has 29 heavy (non-hydrogen) atoms. The summed E-state index contributed by atoms with van der Waals surface area (Å²) in [6.45, 7) is 4.84. The zero-order chi connectivity index (χ0) is 20.0. The van der Waals surface area contributed by atoms with E-state index in [-0.39, 0.29) is 0 Å². The molecule has 4 aromatic rings. The Morgan fingerprint density at radius 1 is 0.966 bits per heavy atom. The number of benzene rings is 3. The Hall–Kier alpha value is -3.33. The predicted molar refractivity (Wildman–Crippen MR) is 119 cm³/mol. The predicted octanol–water partition coefficient (Wildman–Crippen LogP) is 6.03. The molecule has 3 heteroatoms. The van der Waals surface area contributed by atoms with Crippen molar-refractivity contribution in [2.45, 2.75) is 32.4 Å². The number of ether oxygens (including phenoxy) is 1. The standard InChI is InChI=1S/C26H23NO2/c1-26(2)13-11-19-15-18(16-20(17-28)25(19)29-26)12-14-27-23-9-5-3-7-21(23)22-8-4-6-10-24(22)27/h3-11,13,15-17H,12,14H2,1-2H3. The van der Waals surface area contributed by atoms with Crippen LogP contribution in [-0.4, -0.2) is 16.5 Å². The van der Waals surface area contributed by atoms with Crippen molar-refractivity contribution in [3.05, 3.63) is 83.4 Å². The Morgan fingerprint density at radius 2 is 1.62 bits per heavy atom. The van der Waals surface area contributed by atoms with Crippen molar-refractivity contribution >= 4 is 34.2 Å². The van der Waals surface area contributed by atoms with Gasteiger partial charge in [-0.25, -0.2) is 0 Å². The van der Waals surface area contributed by atoms with E-state index < -0.39 is 5.60 Å². The van der Waals surface area contributed by atoms with E-state index in [1.807, 2.05) is 26.0 Å². The highest BCUT2D eigenvalue weighted by atomic mass is 16.5. The number of fused-ring (bicyclic) bond motifs is 4. The lowest BCUT2D eigenvalue weighted by Crippen LogP contribution is -2.28. The molecule has 0 N–H and O–H groups in total. The Bertz CT molecular complexity index is 1220. The van der Waals surface area contributed by atoms with Crippen LogP contribution in [0.15, 0.2) is 66.7 Å². The summed E-state index contributed by atoms with van der Waals surface area (Å²) < 4.78 is 8.41. The summed E-state index contributed by atoms with van der Waals surface area (Å²) in [6, 6.07) is 21.2. The van der Waals surface area contributed by atoms with E-state index in [9.17, 15) is 4.79 Å². The van der Waals surface area contributed by atoms with Crippen LogP contribution in [0.2, 0.25) is 0 Å².